The number of rotatable bonds is 4. The number of aromatic nitrogens is 1. The standard InChI is InChI=1S/C19H17ClFN3O2S/c20-16-12-14(4-6-17(16)21)22-19-8-3-13-11-15(5-7-18(13)23-19)27(25,26)24-9-1-2-10-24/h3-8,11-12H,1-2,9-10H2,(H,22,23). The quantitative estimate of drug-likeness (QED) is 0.691. The van der Waals surface area contributed by atoms with E-state index in [4.69, 9.17) is 11.6 Å². The fraction of sp³-hybridized carbons (Fsp3) is 0.211. The van der Waals surface area contributed by atoms with Gasteiger partial charge >= 0.3 is 0 Å². The normalized spacial score (nSPS) is 15.3. The molecule has 1 saturated heterocycles. The summed E-state index contributed by atoms with van der Waals surface area (Å²) in [7, 11) is -3.46. The van der Waals surface area contributed by atoms with Crippen LogP contribution in [0.4, 0.5) is 15.9 Å². The van der Waals surface area contributed by atoms with Gasteiger partial charge in [-0.25, -0.2) is 17.8 Å². The highest BCUT2D eigenvalue weighted by atomic mass is 35.5. The Bertz CT molecular complexity index is 1120. The van der Waals surface area contributed by atoms with Gasteiger partial charge in [-0.1, -0.05) is 11.6 Å². The summed E-state index contributed by atoms with van der Waals surface area (Å²) in [6.45, 7) is 1.14. The van der Waals surface area contributed by atoms with E-state index < -0.39 is 15.8 Å². The van der Waals surface area contributed by atoms with Gasteiger partial charge in [0.15, 0.2) is 0 Å². The lowest BCUT2D eigenvalue weighted by atomic mass is 10.2. The molecule has 1 aliphatic rings. The summed E-state index contributed by atoms with van der Waals surface area (Å²) in [5.41, 5.74) is 1.27. The van der Waals surface area contributed by atoms with Crippen LogP contribution in [0.1, 0.15) is 12.8 Å². The van der Waals surface area contributed by atoms with Crippen molar-refractivity contribution in [3.8, 4) is 0 Å². The van der Waals surface area contributed by atoms with Crippen LogP contribution in [-0.4, -0.2) is 30.8 Å². The summed E-state index contributed by atoms with van der Waals surface area (Å²) < 4.78 is 40.2. The molecule has 0 unspecified atom stereocenters. The smallest absolute Gasteiger partial charge is 0.243 e. The number of anilines is 2. The van der Waals surface area contributed by atoms with E-state index in [1.165, 1.54) is 16.4 Å². The monoisotopic (exact) mass is 405 g/mol. The maximum Gasteiger partial charge on any atom is 0.243 e. The van der Waals surface area contributed by atoms with E-state index >= 15 is 0 Å². The van der Waals surface area contributed by atoms with Gasteiger partial charge in [-0.2, -0.15) is 4.31 Å². The van der Waals surface area contributed by atoms with E-state index in [0.29, 0.717) is 30.1 Å². The molecule has 0 spiro atoms. The molecule has 2 heterocycles. The lowest BCUT2D eigenvalue weighted by Crippen LogP contribution is -2.27. The number of fused-ring (bicyclic) bond motifs is 1. The second kappa shape index (κ2) is 7.07. The van der Waals surface area contributed by atoms with Crippen LogP contribution >= 0.6 is 11.6 Å². The Morgan fingerprint density at radius 1 is 1.04 bits per heavy atom. The number of halogens is 2. The van der Waals surface area contributed by atoms with E-state index in [0.717, 1.165) is 18.2 Å². The van der Waals surface area contributed by atoms with Crippen LogP contribution in [0.3, 0.4) is 0 Å². The molecular formula is C19H17ClFN3O2S. The zero-order valence-electron chi connectivity index (χ0n) is 14.3. The van der Waals surface area contributed by atoms with Crippen molar-refractivity contribution in [1.82, 2.24) is 9.29 Å². The number of pyridine rings is 1. The van der Waals surface area contributed by atoms with Crippen LogP contribution < -0.4 is 5.32 Å². The van der Waals surface area contributed by atoms with Gasteiger partial charge in [0.05, 0.1) is 15.4 Å². The Morgan fingerprint density at radius 2 is 1.81 bits per heavy atom. The molecule has 1 aromatic heterocycles. The number of sulfonamides is 1. The zero-order valence-corrected chi connectivity index (χ0v) is 15.9. The van der Waals surface area contributed by atoms with Crippen molar-refractivity contribution in [2.45, 2.75) is 17.7 Å². The predicted molar refractivity (Wildman–Crippen MR) is 104 cm³/mol. The van der Waals surface area contributed by atoms with E-state index in [2.05, 4.69) is 10.3 Å². The highest BCUT2D eigenvalue weighted by Crippen LogP contribution is 2.26. The third-order valence-electron chi connectivity index (χ3n) is 4.56. The van der Waals surface area contributed by atoms with Crippen molar-refractivity contribution in [2.75, 3.05) is 18.4 Å². The number of benzene rings is 2. The van der Waals surface area contributed by atoms with E-state index in [9.17, 15) is 12.8 Å². The van der Waals surface area contributed by atoms with Gasteiger partial charge in [-0.3, -0.25) is 0 Å². The number of hydrogen-bond acceptors (Lipinski definition) is 4. The maximum absolute atomic E-state index is 13.3. The van der Waals surface area contributed by atoms with Gasteiger partial charge in [0.2, 0.25) is 10.0 Å². The van der Waals surface area contributed by atoms with E-state index in [1.54, 1.807) is 36.4 Å². The number of nitrogens with zero attached hydrogens (tertiary/aromatic N) is 2. The summed E-state index contributed by atoms with van der Waals surface area (Å²) >= 11 is 5.79. The molecule has 0 radical (unpaired) electrons. The summed E-state index contributed by atoms with van der Waals surface area (Å²) in [5.74, 6) is 0.0701. The molecule has 1 N–H and O–H groups in total. The fourth-order valence-electron chi connectivity index (χ4n) is 3.13. The third-order valence-corrected chi connectivity index (χ3v) is 6.74. The Hall–Kier alpha value is -2.22. The lowest BCUT2D eigenvalue weighted by molar-refractivity contribution is 0.477. The Kier molecular flexibility index (Phi) is 4.75. The molecule has 8 heteroatoms. The highest BCUT2D eigenvalue weighted by Gasteiger charge is 2.27. The molecule has 1 aliphatic heterocycles. The molecule has 0 bridgehead atoms. The van der Waals surface area contributed by atoms with E-state index in [-0.39, 0.29) is 9.92 Å². The largest absolute Gasteiger partial charge is 0.340 e. The first-order chi connectivity index (χ1) is 12.9. The molecule has 5 nitrogen and oxygen atoms in total. The first-order valence-electron chi connectivity index (χ1n) is 8.56. The molecule has 1 fully saturated rings. The van der Waals surface area contributed by atoms with Crippen molar-refractivity contribution in [3.63, 3.8) is 0 Å². The average Bonchev–Trinajstić information content (AvgIpc) is 3.20. The SMILES string of the molecule is O=S(=O)(c1ccc2nc(Nc3ccc(F)c(Cl)c3)ccc2c1)N1CCCC1. The van der Waals surface area contributed by atoms with Crippen LogP contribution in [-0.2, 0) is 10.0 Å². The van der Waals surface area contributed by atoms with Crippen molar-refractivity contribution in [2.24, 2.45) is 0 Å². The summed E-state index contributed by atoms with van der Waals surface area (Å²) in [6.07, 6.45) is 1.80. The lowest BCUT2D eigenvalue weighted by Gasteiger charge is -2.15. The summed E-state index contributed by atoms with van der Waals surface area (Å²) in [4.78, 5) is 4.77. The van der Waals surface area contributed by atoms with Crippen LogP contribution in [0, 0.1) is 5.82 Å². The van der Waals surface area contributed by atoms with Crippen molar-refractivity contribution in [1.29, 1.82) is 0 Å². The van der Waals surface area contributed by atoms with Gasteiger partial charge in [0, 0.05) is 24.2 Å². The summed E-state index contributed by atoms with van der Waals surface area (Å²) in [6, 6.07) is 12.8. The van der Waals surface area contributed by atoms with Crippen molar-refractivity contribution in [3.05, 3.63) is 59.4 Å². The Balaban J connectivity index is 1.63. The molecule has 140 valence electrons. The minimum Gasteiger partial charge on any atom is -0.340 e. The minimum atomic E-state index is -3.46. The van der Waals surface area contributed by atoms with Crippen LogP contribution in [0.25, 0.3) is 10.9 Å². The molecule has 0 aliphatic carbocycles. The zero-order chi connectivity index (χ0) is 19.0. The van der Waals surface area contributed by atoms with Crippen molar-refractivity contribution < 1.29 is 12.8 Å². The van der Waals surface area contributed by atoms with Gasteiger partial charge in [-0.15, -0.1) is 0 Å². The predicted octanol–water partition coefficient (Wildman–Crippen LogP) is 4.56. The summed E-state index contributed by atoms with van der Waals surface area (Å²) in [5, 5.41) is 3.82. The second-order valence-corrected chi connectivity index (χ2v) is 8.76. The first kappa shape index (κ1) is 18.2. The molecule has 3 aromatic rings. The van der Waals surface area contributed by atoms with Crippen LogP contribution in [0.2, 0.25) is 5.02 Å². The minimum absolute atomic E-state index is 0.0255. The number of hydrogen-bond donors (Lipinski definition) is 1. The number of nitrogens with one attached hydrogen (secondary N) is 1. The second-order valence-electron chi connectivity index (χ2n) is 6.42. The van der Waals surface area contributed by atoms with Gasteiger partial charge < -0.3 is 5.32 Å². The van der Waals surface area contributed by atoms with Gasteiger partial charge in [0.25, 0.3) is 0 Å². The molecule has 0 amide bonds. The first-order valence-corrected chi connectivity index (χ1v) is 10.4. The van der Waals surface area contributed by atoms with Crippen LogP contribution in [0.15, 0.2) is 53.4 Å². The van der Waals surface area contributed by atoms with E-state index in [1.807, 2.05) is 0 Å². The topological polar surface area (TPSA) is 62.3 Å². The Labute approximate surface area is 161 Å². The molecule has 27 heavy (non-hydrogen) atoms. The Morgan fingerprint density at radius 3 is 2.56 bits per heavy atom. The molecule has 2 aromatic carbocycles. The van der Waals surface area contributed by atoms with Crippen LogP contribution in [0.5, 0.6) is 0 Å². The van der Waals surface area contributed by atoms with Crippen molar-refractivity contribution >= 4 is 44.0 Å². The molecule has 0 atom stereocenters. The molecular weight excluding hydrogens is 389 g/mol. The highest BCUT2D eigenvalue weighted by molar-refractivity contribution is 7.89. The van der Waals surface area contributed by atoms with Gasteiger partial charge in [0.1, 0.15) is 11.6 Å². The molecule has 4 rings (SSSR count). The third kappa shape index (κ3) is 3.63. The molecule has 0 saturated carbocycles. The van der Waals surface area contributed by atoms with Gasteiger partial charge in [-0.05, 0) is 61.4 Å². The fourth-order valence-corrected chi connectivity index (χ4v) is 4.87. The maximum atomic E-state index is 13.3. The average molecular weight is 406 g/mol.